The molecule has 3 rings (SSSR count). The van der Waals surface area contributed by atoms with Gasteiger partial charge in [-0.25, -0.2) is 0 Å². The van der Waals surface area contributed by atoms with Crippen LogP contribution < -0.4 is 5.32 Å². The van der Waals surface area contributed by atoms with E-state index in [9.17, 15) is 4.79 Å². The van der Waals surface area contributed by atoms with Gasteiger partial charge in [0.05, 0.1) is 4.88 Å². The van der Waals surface area contributed by atoms with Crippen molar-refractivity contribution < 1.29 is 4.79 Å². The Morgan fingerprint density at radius 3 is 3.04 bits per heavy atom. The van der Waals surface area contributed by atoms with E-state index in [0.29, 0.717) is 5.02 Å². The van der Waals surface area contributed by atoms with Crippen LogP contribution in [0.15, 0.2) is 24.3 Å². The zero-order chi connectivity index (χ0) is 17.1. The molecule has 130 valence electrons. The van der Waals surface area contributed by atoms with E-state index in [1.807, 2.05) is 24.3 Å². The maximum Gasteiger partial charge on any atom is 0.261 e. The predicted molar refractivity (Wildman–Crippen MR) is 103 cm³/mol. The highest BCUT2D eigenvalue weighted by atomic mass is 35.5. The summed E-state index contributed by atoms with van der Waals surface area (Å²) in [5.41, 5.74) is 0. The first kappa shape index (κ1) is 17.7. The lowest BCUT2D eigenvalue weighted by atomic mass is 10.0. The van der Waals surface area contributed by atoms with Gasteiger partial charge in [0.15, 0.2) is 0 Å². The van der Waals surface area contributed by atoms with Crippen LogP contribution in [-0.2, 0) is 0 Å². The smallest absolute Gasteiger partial charge is 0.261 e. The number of nitrogens with zero attached hydrogens (tertiary/aromatic N) is 1. The van der Waals surface area contributed by atoms with Gasteiger partial charge >= 0.3 is 0 Å². The Morgan fingerprint density at radius 2 is 2.29 bits per heavy atom. The summed E-state index contributed by atoms with van der Waals surface area (Å²) in [4.78, 5) is 15.8. The molecular weight excluding hydrogens is 340 g/mol. The zero-order valence-electron chi connectivity index (χ0n) is 14.3. The molecule has 0 radical (unpaired) electrons. The van der Waals surface area contributed by atoms with Crippen LogP contribution >= 0.6 is 22.9 Å². The number of piperidine rings is 1. The van der Waals surface area contributed by atoms with Crippen LogP contribution in [0, 0.1) is 5.92 Å². The average Bonchev–Trinajstić information content (AvgIpc) is 2.99. The Labute approximate surface area is 153 Å². The van der Waals surface area contributed by atoms with Gasteiger partial charge in [0.2, 0.25) is 0 Å². The third kappa shape index (κ3) is 4.29. The average molecular weight is 365 g/mol. The van der Waals surface area contributed by atoms with Crippen LogP contribution in [-0.4, -0.2) is 36.5 Å². The van der Waals surface area contributed by atoms with Crippen molar-refractivity contribution >= 4 is 38.9 Å². The highest BCUT2D eigenvalue weighted by molar-refractivity contribution is 7.20. The monoisotopic (exact) mass is 364 g/mol. The molecule has 0 aliphatic carbocycles. The van der Waals surface area contributed by atoms with Gasteiger partial charge in [0, 0.05) is 27.7 Å². The molecule has 1 N–H and O–H groups in total. The Morgan fingerprint density at radius 1 is 1.46 bits per heavy atom. The van der Waals surface area contributed by atoms with E-state index in [1.54, 1.807) is 0 Å². The lowest BCUT2D eigenvalue weighted by Gasteiger charge is -2.33. The van der Waals surface area contributed by atoms with E-state index < -0.39 is 0 Å². The molecule has 1 amide bonds. The number of rotatable bonds is 5. The molecule has 5 heteroatoms. The Kier molecular flexibility index (Phi) is 5.80. The summed E-state index contributed by atoms with van der Waals surface area (Å²) in [5, 5.41) is 4.90. The molecule has 0 unspecified atom stereocenters. The Bertz CT molecular complexity index is 712. The van der Waals surface area contributed by atoms with E-state index in [1.165, 1.54) is 17.8 Å². The van der Waals surface area contributed by atoms with Gasteiger partial charge < -0.3 is 10.2 Å². The number of amides is 1. The first-order valence-electron chi connectivity index (χ1n) is 8.74. The molecule has 1 saturated heterocycles. The van der Waals surface area contributed by atoms with Crippen LogP contribution in [0.2, 0.25) is 5.02 Å². The molecule has 1 aromatic heterocycles. The summed E-state index contributed by atoms with van der Waals surface area (Å²) in [6.45, 7) is 7.76. The van der Waals surface area contributed by atoms with Crippen molar-refractivity contribution in [1.29, 1.82) is 0 Å². The maximum absolute atomic E-state index is 12.6. The first-order chi connectivity index (χ1) is 11.5. The van der Waals surface area contributed by atoms with E-state index in [-0.39, 0.29) is 11.9 Å². The summed E-state index contributed by atoms with van der Waals surface area (Å²) in [7, 11) is 0. The molecule has 24 heavy (non-hydrogen) atoms. The number of fused-ring (bicyclic) bond motifs is 1. The molecule has 0 spiro atoms. The van der Waals surface area contributed by atoms with Crippen LogP contribution in [0.4, 0.5) is 0 Å². The van der Waals surface area contributed by atoms with Gasteiger partial charge in [-0.1, -0.05) is 31.5 Å². The highest BCUT2D eigenvalue weighted by Gasteiger charge is 2.22. The number of halogens is 1. The number of hydrogen-bond acceptors (Lipinski definition) is 3. The normalized spacial score (nSPS) is 19.1. The van der Waals surface area contributed by atoms with E-state index in [4.69, 9.17) is 11.6 Å². The molecule has 1 fully saturated rings. The largest absolute Gasteiger partial charge is 0.347 e. The number of carbonyl (C=O) groups excluding carboxylic acids is 1. The zero-order valence-corrected chi connectivity index (χ0v) is 15.9. The van der Waals surface area contributed by atoms with Crippen molar-refractivity contribution in [2.45, 2.75) is 39.2 Å². The molecule has 0 bridgehead atoms. The maximum atomic E-state index is 12.6. The Balaban J connectivity index is 1.62. The van der Waals surface area contributed by atoms with Gasteiger partial charge in [-0.3, -0.25) is 4.79 Å². The number of carbonyl (C=O) groups is 1. The number of thiophene rings is 1. The van der Waals surface area contributed by atoms with Gasteiger partial charge in [-0.15, -0.1) is 11.3 Å². The third-order valence-corrected chi connectivity index (χ3v) is 6.02. The topological polar surface area (TPSA) is 32.3 Å². The van der Waals surface area contributed by atoms with Gasteiger partial charge in [0.25, 0.3) is 5.91 Å². The van der Waals surface area contributed by atoms with E-state index in [0.717, 1.165) is 53.4 Å². The summed E-state index contributed by atoms with van der Waals surface area (Å²) < 4.78 is 1.06. The summed E-state index contributed by atoms with van der Waals surface area (Å²) in [6.07, 6.45) is 3.44. The lowest BCUT2D eigenvalue weighted by molar-refractivity contribution is 0.0905. The third-order valence-electron chi connectivity index (χ3n) is 4.60. The van der Waals surface area contributed by atoms with Crippen LogP contribution in [0.1, 0.15) is 42.8 Å². The number of likely N-dealkylation sites (tertiary alicyclic amines) is 1. The molecule has 1 aliphatic heterocycles. The lowest BCUT2D eigenvalue weighted by Crippen LogP contribution is -2.47. The fraction of sp³-hybridized carbons (Fsp3) is 0.526. The van der Waals surface area contributed by atoms with E-state index in [2.05, 4.69) is 24.1 Å². The van der Waals surface area contributed by atoms with Crippen molar-refractivity contribution in [2.24, 2.45) is 5.92 Å². The van der Waals surface area contributed by atoms with Crippen molar-refractivity contribution in [2.75, 3.05) is 19.6 Å². The molecule has 2 aromatic rings. The van der Waals surface area contributed by atoms with E-state index >= 15 is 0 Å². The second-order valence-corrected chi connectivity index (χ2v) is 8.55. The number of hydrogen-bond donors (Lipinski definition) is 1. The highest BCUT2D eigenvalue weighted by Crippen LogP contribution is 2.31. The number of nitrogens with one attached hydrogen (secondary N) is 1. The fourth-order valence-corrected chi connectivity index (χ4v) is 4.49. The summed E-state index contributed by atoms with van der Waals surface area (Å²) in [6, 6.07) is 7.97. The SMILES string of the molecule is CC(C)CCN1CCC[C@@H](NC(=O)c2cc3c(Cl)cccc3s2)C1. The van der Waals surface area contributed by atoms with Crippen molar-refractivity contribution in [3.63, 3.8) is 0 Å². The van der Waals surface area contributed by atoms with Crippen LogP contribution in [0.3, 0.4) is 0 Å². The van der Waals surface area contributed by atoms with Crippen LogP contribution in [0.5, 0.6) is 0 Å². The van der Waals surface area contributed by atoms with Gasteiger partial charge in [-0.05, 0) is 56.5 Å². The number of benzene rings is 1. The van der Waals surface area contributed by atoms with Crippen molar-refractivity contribution in [3.8, 4) is 0 Å². The van der Waals surface area contributed by atoms with Crippen molar-refractivity contribution in [3.05, 3.63) is 34.2 Å². The van der Waals surface area contributed by atoms with Gasteiger partial charge in [-0.2, -0.15) is 0 Å². The molecule has 2 heterocycles. The van der Waals surface area contributed by atoms with Gasteiger partial charge in [0.1, 0.15) is 0 Å². The quantitative estimate of drug-likeness (QED) is 0.826. The minimum atomic E-state index is 0.0305. The van der Waals surface area contributed by atoms with Crippen molar-refractivity contribution in [1.82, 2.24) is 10.2 Å². The molecule has 1 aromatic carbocycles. The first-order valence-corrected chi connectivity index (χ1v) is 9.93. The Hall–Kier alpha value is -1.10. The molecule has 1 atom stereocenters. The molecule has 0 saturated carbocycles. The predicted octanol–water partition coefficient (Wildman–Crippen LogP) is 4.80. The van der Waals surface area contributed by atoms with Crippen LogP contribution in [0.25, 0.3) is 10.1 Å². The standard InChI is InChI=1S/C19H25ClN2OS/c1-13(2)8-10-22-9-4-5-14(12-22)21-19(23)18-11-15-16(20)6-3-7-17(15)24-18/h3,6-7,11,13-14H,4-5,8-10,12H2,1-2H3,(H,21,23)/t14-/m1/s1. The second-order valence-electron chi connectivity index (χ2n) is 7.06. The minimum Gasteiger partial charge on any atom is -0.347 e. The molecule has 3 nitrogen and oxygen atoms in total. The fourth-order valence-electron chi connectivity index (χ4n) is 3.21. The molecular formula is C19H25ClN2OS. The summed E-state index contributed by atoms with van der Waals surface area (Å²) in [5.74, 6) is 0.756. The minimum absolute atomic E-state index is 0.0305. The summed E-state index contributed by atoms with van der Waals surface area (Å²) >= 11 is 7.73. The molecule has 1 aliphatic rings. The second kappa shape index (κ2) is 7.85.